The molecule has 1 aromatic carbocycles. The van der Waals surface area contributed by atoms with Crippen molar-refractivity contribution >= 4 is 29.2 Å². The minimum atomic E-state index is -0.409. The molecule has 7 nitrogen and oxygen atoms in total. The van der Waals surface area contributed by atoms with Crippen LogP contribution in [0.15, 0.2) is 54.2 Å². The number of benzene rings is 1. The van der Waals surface area contributed by atoms with Gasteiger partial charge in [0.15, 0.2) is 0 Å². The molecular weight excluding hydrogens is 424 g/mol. The van der Waals surface area contributed by atoms with Crippen molar-refractivity contribution in [2.75, 3.05) is 37.7 Å². The summed E-state index contributed by atoms with van der Waals surface area (Å²) in [5, 5.41) is 2.04. The van der Waals surface area contributed by atoms with Crippen molar-refractivity contribution in [2.45, 2.75) is 13.3 Å². The van der Waals surface area contributed by atoms with E-state index in [1.807, 2.05) is 40.6 Å². The third kappa shape index (κ3) is 3.86. The largest absolute Gasteiger partial charge is 0.462 e. The number of esters is 1. The summed E-state index contributed by atoms with van der Waals surface area (Å²) in [6, 6.07) is 12.0. The van der Waals surface area contributed by atoms with Crippen LogP contribution in [0.25, 0.3) is 10.4 Å². The second-order valence-electron chi connectivity index (χ2n) is 8.38. The van der Waals surface area contributed by atoms with E-state index in [-0.39, 0.29) is 11.3 Å². The minimum absolute atomic E-state index is 0.0857. The molecule has 164 valence electrons. The topological polar surface area (TPSA) is 75.6 Å². The molecule has 3 aromatic rings. The first-order valence-corrected chi connectivity index (χ1v) is 11.6. The monoisotopic (exact) mass is 448 g/mol. The van der Waals surface area contributed by atoms with E-state index in [0.717, 1.165) is 43.7 Å². The highest BCUT2D eigenvalue weighted by Crippen LogP contribution is 2.41. The molecule has 1 spiro atoms. The van der Waals surface area contributed by atoms with Crippen LogP contribution in [0.1, 0.15) is 34.1 Å². The lowest BCUT2D eigenvalue weighted by Crippen LogP contribution is -2.59. The average molecular weight is 449 g/mol. The van der Waals surface area contributed by atoms with E-state index in [2.05, 4.69) is 20.9 Å². The summed E-state index contributed by atoms with van der Waals surface area (Å²) in [6.45, 7) is 5.23. The first-order valence-electron chi connectivity index (χ1n) is 10.7. The van der Waals surface area contributed by atoms with Crippen LogP contribution >= 0.6 is 11.3 Å². The van der Waals surface area contributed by atoms with Gasteiger partial charge in [-0.05, 0) is 42.5 Å². The fraction of sp³-hybridized carbons (Fsp3) is 0.333. The summed E-state index contributed by atoms with van der Waals surface area (Å²) in [5.41, 5.74) is 2.26. The Morgan fingerprint density at radius 2 is 1.91 bits per heavy atom. The lowest BCUT2D eigenvalue weighted by atomic mass is 9.78. The van der Waals surface area contributed by atoms with Gasteiger partial charge in [0.2, 0.25) is 5.95 Å². The van der Waals surface area contributed by atoms with Gasteiger partial charge in [0.1, 0.15) is 0 Å². The van der Waals surface area contributed by atoms with Crippen molar-refractivity contribution in [1.29, 1.82) is 0 Å². The zero-order chi connectivity index (χ0) is 22.1. The highest BCUT2D eigenvalue weighted by Gasteiger charge is 2.49. The van der Waals surface area contributed by atoms with Crippen molar-refractivity contribution in [1.82, 2.24) is 14.9 Å². The molecule has 0 radical (unpaired) electrons. The number of thiophene rings is 1. The number of nitrogens with zero attached hydrogens (tertiary/aromatic N) is 4. The second-order valence-corrected chi connectivity index (χ2v) is 9.33. The maximum absolute atomic E-state index is 13.0. The predicted molar refractivity (Wildman–Crippen MR) is 123 cm³/mol. The predicted octanol–water partition coefficient (Wildman–Crippen LogP) is 3.73. The molecule has 2 fully saturated rings. The Balaban J connectivity index is 1.21. The summed E-state index contributed by atoms with van der Waals surface area (Å²) in [7, 11) is 0. The zero-order valence-electron chi connectivity index (χ0n) is 17.9. The van der Waals surface area contributed by atoms with Crippen molar-refractivity contribution in [3.05, 3.63) is 65.3 Å². The summed E-state index contributed by atoms with van der Waals surface area (Å²) < 4.78 is 4.98. The molecule has 4 heterocycles. The van der Waals surface area contributed by atoms with Gasteiger partial charge in [-0.25, -0.2) is 14.8 Å². The normalized spacial score (nSPS) is 16.8. The molecule has 0 unspecified atom stereocenters. The lowest BCUT2D eigenvalue weighted by molar-refractivity contribution is 0.0167. The number of ether oxygens (including phenoxy) is 1. The van der Waals surface area contributed by atoms with E-state index in [9.17, 15) is 9.59 Å². The SMILES string of the molecule is CCOC(=O)c1cnc(N2CCC3(CN(C(=O)c4cccc(-c5cccs5)c4)C3)C2)nc1. The van der Waals surface area contributed by atoms with Crippen LogP contribution in [0.3, 0.4) is 0 Å². The number of rotatable bonds is 5. The fourth-order valence-electron chi connectivity index (χ4n) is 4.51. The van der Waals surface area contributed by atoms with Gasteiger partial charge >= 0.3 is 5.97 Å². The van der Waals surface area contributed by atoms with Gasteiger partial charge in [-0.15, -0.1) is 11.3 Å². The maximum atomic E-state index is 13.0. The van der Waals surface area contributed by atoms with Crippen LogP contribution in [0.4, 0.5) is 5.95 Å². The second kappa shape index (κ2) is 8.35. The van der Waals surface area contributed by atoms with E-state index in [1.54, 1.807) is 18.3 Å². The van der Waals surface area contributed by atoms with Crippen LogP contribution in [-0.4, -0.2) is 59.5 Å². The summed E-state index contributed by atoms with van der Waals surface area (Å²) in [5.74, 6) is 0.291. The van der Waals surface area contributed by atoms with Gasteiger partial charge in [0.25, 0.3) is 5.91 Å². The third-order valence-corrected chi connectivity index (χ3v) is 7.04. The first kappa shape index (κ1) is 20.6. The number of aromatic nitrogens is 2. The van der Waals surface area contributed by atoms with Crippen LogP contribution in [0.5, 0.6) is 0 Å². The van der Waals surface area contributed by atoms with Crippen molar-refractivity contribution in [2.24, 2.45) is 5.41 Å². The molecule has 2 aliphatic rings. The number of carbonyl (C=O) groups excluding carboxylic acids is 2. The Bertz CT molecular complexity index is 1120. The minimum Gasteiger partial charge on any atom is -0.462 e. The highest BCUT2D eigenvalue weighted by atomic mass is 32.1. The van der Waals surface area contributed by atoms with E-state index in [4.69, 9.17) is 4.74 Å². The molecule has 0 bridgehead atoms. The molecule has 8 heteroatoms. The van der Waals surface area contributed by atoms with Crippen LogP contribution in [0.2, 0.25) is 0 Å². The first-order chi connectivity index (χ1) is 15.6. The third-order valence-electron chi connectivity index (χ3n) is 6.13. The average Bonchev–Trinajstić information content (AvgIpc) is 3.49. The molecular formula is C24H24N4O3S. The molecule has 5 rings (SSSR count). The smallest absolute Gasteiger partial charge is 0.341 e. The summed E-state index contributed by atoms with van der Waals surface area (Å²) >= 11 is 1.67. The van der Waals surface area contributed by atoms with Crippen LogP contribution < -0.4 is 4.90 Å². The Morgan fingerprint density at radius 3 is 2.62 bits per heavy atom. The number of likely N-dealkylation sites (tertiary alicyclic amines) is 1. The molecule has 0 aliphatic carbocycles. The van der Waals surface area contributed by atoms with Gasteiger partial charge in [0, 0.05) is 54.4 Å². The van der Waals surface area contributed by atoms with Crippen LogP contribution in [0, 0.1) is 5.41 Å². The van der Waals surface area contributed by atoms with Gasteiger partial charge < -0.3 is 14.5 Å². The fourth-order valence-corrected chi connectivity index (χ4v) is 5.23. The molecule has 2 saturated heterocycles. The van der Waals surface area contributed by atoms with E-state index in [1.165, 1.54) is 17.3 Å². The van der Waals surface area contributed by atoms with Crippen molar-refractivity contribution < 1.29 is 14.3 Å². The molecule has 0 atom stereocenters. The Kier molecular flexibility index (Phi) is 5.38. The summed E-state index contributed by atoms with van der Waals surface area (Å²) in [6.07, 6.45) is 4.03. The standard InChI is InChI=1S/C24H24N4O3S/c1-2-31-22(30)19-12-25-23(26-13-19)27-9-8-24(14-27)15-28(16-24)21(29)18-6-3-5-17(11-18)20-7-4-10-32-20/h3-7,10-13H,2,8-9,14-16H2,1H3. The summed E-state index contributed by atoms with van der Waals surface area (Å²) in [4.78, 5) is 38.8. The van der Waals surface area contributed by atoms with Gasteiger partial charge in [0.05, 0.1) is 12.2 Å². The molecule has 1 amide bonds. The number of carbonyl (C=O) groups is 2. The Labute approximate surface area is 190 Å². The van der Waals surface area contributed by atoms with E-state index in [0.29, 0.717) is 18.1 Å². The quantitative estimate of drug-likeness (QED) is 0.554. The van der Waals surface area contributed by atoms with Crippen LogP contribution in [-0.2, 0) is 4.74 Å². The Morgan fingerprint density at radius 1 is 1.09 bits per heavy atom. The zero-order valence-corrected chi connectivity index (χ0v) is 18.7. The van der Waals surface area contributed by atoms with Gasteiger partial charge in [-0.2, -0.15) is 0 Å². The van der Waals surface area contributed by atoms with Gasteiger partial charge in [-0.3, -0.25) is 4.79 Å². The number of anilines is 1. The molecule has 0 saturated carbocycles. The highest BCUT2D eigenvalue weighted by molar-refractivity contribution is 7.13. The lowest BCUT2D eigenvalue weighted by Gasteiger charge is -2.48. The number of amides is 1. The van der Waals surface area contributed by atoms with E-state index >= 15 is 0 Å². The van der Waals surface area contributed by atoms with Crippen molar-refractivity contribution in [3.63, 3.8) is 0 Å². The van der Waals surface area contributed by atoms with Crippen molar-refractivity contribution in [3.8, 4) is 10.4 Å². The van der Waals surface area contributed by atoms with E-state index < -0.39 is 5.97 Å². The number of hydrogen-bond donors (Lipinski definition) is 0. The molecule has 2 aromatic heterocycles. The maximum Gasteiger partial charge on any atom is 0.341 e. The van der Waals surface area contributed by atoms with Gasteiger partial charge in [-0.1, -0.05) is 18.2 Å². The Hall–Kier alpha value is -3.26. The number of hydrogen-bond acceptors (Lipinski definition) is 7. The molecule has 0 N–H and O–H groups in total. The molecule has 2 aliphatic heterocycles. The molecule has 32 heavy (non-hydrogen) atoms.